The topological polar surface area (TPSA) is 12.0 Å². The van der Waals surface area contributed by atoms with Crippen molar-refractivity contribution in [1.29, 1.82) is 0 Å². The molecule has 0 radical (unpaired) electrons. The van der Waals surface area contributed by atoms with Crippen molar-refractivity contribution in [2.45, 2.75) is 24.4 Å². The third-order valence-corrected chi connectivity index (χ3v) is 5.04. The predicted molar refractivity (Wildman–Crippen MR) is 105 cm³/mol. The molecule has 1 aliphatic rings. The lowest BCUT2D eigenvalue weighted by Gasteiger charge is -2.16. The molecular formula is C24H23N. The molecule has 124 valence electrons. The summed E-state index contributed by atoms with van der Waals surface area (Å²) in [5, 5.41) is 3.84. The van der Waals surface area contributed by atoms with Crippen LogP contribution in [0.1, 0.15) is 35.1 Å². The standard InChI is InChI=1S/C24H23N/c1-4-10-19(11-5-1)16-17-23-22(20-12-6-2-7-13-20)18-24(25-23)21-14-8-3-9-15-21/h1-17,22-25H,18H2/b17-16+/t22-,23-,24-/m1/s1. The van der Waals surface area contributed by atoms with Crippen LogP contribution in [-0.2, 0) is 0 Å². The van der Waals surface area contributed by atoms with Crippen molar-refractivity contribution in [3.63, 3.8) is 0 Å². The highest BCUT2D eigenvalue weighted by molar-refractivity contribution is 5.50. The molecular weight excluding hydrogens is 302 g/mol. The predicted octanol–water partition coefficient (Wildman–Crippen LogP) is 5.59. The normalized spacial score (nSPS) is 23.1. The van der Waals surface area contributed by atoms with Gasteiger partial charge >= 0.3 is 0 Å². The lowest BCUT2D eigenvalue weighted by Crippen LogP contribution is -2.25. The maximum Gasteiger partial charge on any atom is 0.0332 e. The summed E-state index contributed by atoms with van der Waals surface area (Å²) >= 11 is 0. The smallest absolute Gasteiger partial charge is 0.0332 e. The first-order valence-corrected chi connectivity index (χ1v) is 8.99. The quantitative estimate of drug-likeness (QED) is 0.659. The van der Waals surface area contributed by atoms with Gasteiger partial charge in [0.1, 0.15) is 0 Å². The van der Waals surface area contributed by atoms with Gasteiger partial charge in [-0.2, -0.15) is 0 Å². The molecule has 0 saturated carbocycles. The first-order valence-electron chi connectivity index (χ1n) is 8.99. The van der Waals surface area contributed by atoms with Crippen LogP contribution in [0, 0.1) is 0 Å². The van der Waals surface area contributed by atoms with Crippen LogP contribution in [0.25, 0.3) is 6.08 Å². The Bertz CT molecular complexity index is 808. The van der Waals surface area contributed by atoms with E-state index in [-0.39, 0.29) is 0 Å². The summed E-state index contributed by atoms with van der Waals surface area (Å²) in [5.41, 5.74) is 4.04. The third-order valence-electron chi connectivity index (χ3n) is 5.04. The van der Waals surface area contributed by atoms with Crippen molar-refractivity contribution < 1.29 is 0 Å². The van der Waals surface area contributed by atoms with Crippen molar-refractivity contribution in [1.82, 2.24) is 5.32 Å². The van der Waals surface area contributed by atoms with Gasteiger partial charge in [-0.25, -0.2) is 0 Å². The Morgan fingerprint density at radius 1 is 0.680 bits per heavy atom. The van der Waals surface area contributed by atoms with Gasteiger partial charge in [-0.15, -0.1) is 0 Å². The molecule has 0 aromatic heterocycles. The molecule has 1 aliphatic heterocycles. The summed E-state index contributed by atoms with van der Waals surface area (Å²) in [5.74, 6) is 0.492. The maximum atomic E-state index is 3.84. The minimum Gasteiger partial charge on any atom is -0.303 e. The van der Waals surface area contributed by atoms with Crippen molar-refractivity contribution in [2.24, 2.45) is 0 Å². The van der Waals surface area contributed by atoms with Gasteiger partial charge in [0.25, 0.3) is 0 Å². The van der Waals surface area contributed by atoms with E-state index < -0.39 is 0 Å². The Labute approximate surface area is 150 Å². The Morgan fingerprint density at radius 3 is 1.88 bits per heavy atom. The number of benzene rings is 3. The summed E-state index contributed by atoms with van der Waals surface area (Å²) < 4.78 is 0. The van der Waals surface area contributed by atoms with Gasteiger partial charge in [0.15, 0.2) is 0 Å². The van der Waals surface area contributed by atoms with Gasteiger partial charge in [-0.3, -0.25) is 0 Å². The van der Waals surface area contributed by atoms with E-state index in [0.717, 1.165) is 6.42 Å². The maximum absolute atomic E-state index is 3.84. The third kappa shape index (κ3) is 3.72. The average molecular weight is 325 g/mol. The molecule has 0 amide bonds. The van der Waals surface area contributed by atoms with Crippen molar-refractivity contribution in [3.8, 4) is 0 Å². The zero-order chi connectivity index (χ0) is 16.9. The first kappa shape index (κ1) is 15.9. The summed E-state index contributed by atoms with van der Waals surface area (Å²) in [6, 6.07) is 32.9. The second-order valence-corrected chi connectivity index (χ2v) is 6.68. The largest absolute Gasteiger partial charge is 0.303 e. The minimum absolute atomic E-state index is 0.341. The summed E-state index contributed by atoms with van der Waals surface area (Å²) in [4.78, 5) is 0. The Kier molecular flexibility index (Phi) is 4.76. The minimum atomic E-state index is 0.341. The zero-order valence-electron chi connectivity index (χ0n) is 14.3. The molecule has 4 rings (SSSR count). The van der Waals surface area contributed by atoms with E-state index in [1.165, 1.54) is 16.7 Å². The van der Waals surface area contributed by atoms with Crippen LogP contribution in [0.15, 0.2) is 97.1 Å². The van der Waals surface area contributed by atoms with Gasteiger partial charge in [0, 0.05) is 18.0 Å². The van der Waals surface area contributed by atoms with E-state index in [1.54, 1.807) is 0 Å². The highest BCUT2D eigenvalue weighted by Gasteiger charge is 2.33. The molecule has 0 spiro atoms. The fraction of sp³-hybridized carbons (Fsp3) is 0.167. The van der Waals surface area contributed by atoms with E-state index in [9.17, 15) is 0 Å². The summed E-state index contributed by atoms with van der Waals surface area (Å²) in [6.45, 7) is 0. The van der Waals surface area contributed by atoms with Crippen LogP contribution < -0.4 is 5.32 Å². The van der Waals surface area contributed by atoms with Crippen LogP contribution in [0.2, 0.25) is 0 Å². The number of hydrogen-bond donors (Lipinski definition) is 1. The van der Waals surface area contributed by atoms with Crippen LogP contribution in [-0.4, -0.2) is 6.04 Å². The monoisotopic (exact) mass is 325 g/mol. The molecule has 0 bridgehead atoms. The molecule has 1 fully saturated rings. The van der Waals surface area contributed by atoms with E-state index in [4.69, 9.17) is 0 Å². The molecule has 1 heterocycles. The number of rotatable bonds is 4. The lowest BCUT2D eigenvalue weighted by molar-refractivity contribution is 0.610. The van der Waals surface area contributed by atoms with Crippen LogP contribution in [0.5, 0.6) is 0 Å². The first-order chi connectivity index (χ1) is 12.4. The number of nitrogens with one attached hydrogen (secondary N) is 1. The van der Waals surface area contributed by atoms with Crippen molar-refractivity contribution >= 4 is 6.08 Å². The number of hydrogen-bond acceptors (Lipinski definition) is 1. The molecule has 1 heteroatoms. The summed E-state index contributed by atoms with van der Waals surface area (Å²) in [6.07, 6.45) is 5.69. The molecule has 0 unspecified atom stereocenters. The Morgan fingerprint density at radius 2 is 1.24 bits per heavy atom. The van der Waals surface area contributed by atoms with Crippen LogP contribution in [0.3, 0.4) is 0 Å². The lowest BCUT2D eigenvalue weighted by atomic mass is 9.89. The fourth-order valence-corrected chi connectivity index (χ4v) is 3.75. The van der Waals surface area contributed by atoms with Gasteiger partial charge in [-0.1, -0.05) is 103 Å². The molecule has 25 heavy (non-hydrogen) atoms. The van der Waals surface area contributed by atoms with Crippen LogP contribution in [0.4, 0.5) is 0 Å². The molecule has 1 saturated heterocycles. The van der Waals surface area contributed by atoms with Gasteiger partial charge in [-0.05, 0) is 23.1 Å². The van der Waals surface area contributed by atoms with E-state index in [0.29, 0.717) is 18.0 Å². The van der Waals surface area contributed by atoms with Crippen molar-refractivity contribution in [2.75, 3.05) is 0 Å². The molecule has 0 aliphatic carbocycles. The zero-order valence-corrected chi connectivity index (χ0v) is 14.3. The van der Waals surface area contributed by atoms with Gasteiger partial charge < -0.3 is 5.32 Å². The molecule has 3 aromatic carbocycles. The highest BCUT2D eigenvalue weighted by atomic mass is 15.0. The second kappa shape index (κ2) is 7.50. The Hall–Kier alpha value is -2.64. The van der Waals surface area contributed by atoms with E-state index >= 15 is 0 Å². The Balaban J connectivity index is 1.61. The average Bonchev–Trinajstić information content (AvgIpc) is 3.13. The fourth-order valence-electron chi connectivity index (χ4n) is 3.75. The van der Waals surface area contributed by atoms with Gasteiger partial charge in [0.05, 0.1) is 0 Å². The van der Waals surface area contributed by atoms with Gasteiger partial charge in [0.2, 0.25) is 0 Å². The van der Waals surface area contributed by atoms with Crippen molar-refractivity contribution in [3.05, 3.63) is 114 Å². The second-order valence-electron chi connectivity index (χ2n) is 6.68. The molecule has 1 nitrogen and oxygen atoms in total. The molecule has 1 N–H and O–H groups in total. The summed E-state index contributed by atoms with van der Waals surface area (Å²) in [7, 11) is 0. The molecule has 3 aromatic rings. The SMILES string of the molecule is C(=C\[C@H]1N[C@@H](c2ccccc2)C[C@@H]1c1ccccc1)/c1ccccc1. The van der Waals surface area contributed by atoms with E-state index in [1.807, 2.05) is 0 Å². The van der Waals surface area contributed by atoms with Crippen LogP contribution >= 0.6 is 0 Å². The molecule has 3 atom stereocenters. The van der Waals surface area contributed by atoms with E-state index in [2.05, 4.69) is 108 Å². The highest BCUT2D eigenvalue weighted by Crippen LogP contribution is 2.38.